The topological polar surface area (TPSA) is 110 Å². The monoisotopic (exact) mass is 262 g/mol. The largest absolute Gasteiger partial charge is 0.477 e. The average molecular weight is 262 g/mol. The number of hydrogen-bond donors (Lipinski definition) is 2. The lowest BCUT2D eigenvalue weighted by atomic mass is 10.1. The van der Waals surface area contributed by atoms with Gasteiger partial charge in [-0.1, -0.05) is 0 Å². The molecule has 0 spiro atoms. The second-order valence-electron chi connectivity index (χ2n) is 3.82. The molecule has 2 aromatic rings. The van der Waals surface area contributed by atoms with Crippen LogP contribution in [0.1, 0.15) is 10.4 Å². The molecule has 0 radical (unpaired) electrons. The molecule has 1 aromatic heterocycles. The number of carboxylic acids is 1. The first-order valence-corrected chi connectivity index (χ1v) is 5.25. The van der Waals surface area contributed by atoms with Crippen LogP contribution in [-0.2, 0) is 7.05 Å². The molecule has 1 aromatic carbocycles. The standard InChI is InChI=1S/C11H10N4O4/c1-14-6-8(5-12-14)13-7-2-3-9(11(16)17)10(4-7)15(18)19/h2-6,13H,1H3,(H,16,17). The van der Waals surface area contributed by atoms with E-state index < -0.39 is 16.6 Å². The van der Waals surface area contributed by atoms with Gasteiger partial charge in [0.05, 0.1) is 16.8 Å². The number of benzene rings is 1. The van der Waals surface area contributed by atoms with Gasteiger partial charge in [-0.3, -0.25) is 14.8 Å². The zero-order valence-electron chi connectivity index (χ0n) is 9.90. The van der Waals surface area contributed by atoms with Crippen LogP contribution in [0.15, 0.2) is 30.6 Å². The quantitative estimate of drug-likeness (QED) is 0.641. The van der Waals surface area contributed by atoms with Gasteiger partial charge < -0.3 is 10.4 Å². The lowest BCUT2D eigenvalue weighted by Gasteiger charge is -2.04. The van der Waals surface area contributed by atoms with Gasteiger partial charge >= 0.3 is 5.97 Å². The van der Waals surface area contributed by atoms with Crippen LogP contribution in [0.25, 0.3) is 0 Å². The minimum atomic E-state index is -1.33. The Kier molecular flexibility index (Phi) is 3.15. The molecule has 0 aliphatic heterocycles. The molecule has 0 atom stereocenters. The molecular formula is C11H10N4O4. The minimum Gasteiger partial charge on any atom is -0.477 e. The van der Waals surface area contributed by atoms with Crippen LogP contribution >= 0.6 is 0 Å². The third kappa shape index (κ3) is 2.68. The molecule has 0 saturated carbocycles. The third-order valence-electron chi connectivity index (χ3n) is 2.42. The summed E-state index contributed by atoms with van der Waals surface area (Å²) in [6, 6.07) is 3.83. The molecule has 8 heteroatoms. The number of nitro benzene ring substituents is 1. The normalized spacial score (nSPS) is 10.2. The molecule has 0 fully saturated rings. The summed E-state index contributed by atoms with van der Waals surface area (Å²) >= 11 is 0. The van der Waals surface area contributed by atoms with Crippen molar-refractivity contribution < 1.29 is 14.8 Å². The second kappa shape index (κ2) is 4.77. The molecule has 1 heterocycles. The number of anilines is 2. The first-order valence-electron chi connectivity index (χ1n) is 5.25. The fourth-order valence-electron chi connectivity index (χ4n) is 1.59. The highest BCUT2D eigenvalue weighted by molar-refractivity contribution is 5.93. The zero-order chi connectivity index (χ0) is 14.0. The Morgan fingerprint density at radius 1 is 1.47 bits per heavy atom. The molecular weight excluding hydrogens is 252 g/mol. The first kappa shape index (κ1) is 12.6. The van der Waals surface area contributed by atoms with E-state index in [0.717, 1.165) is 0 Å². The first-order chi connectivity index (χ1) is 8.97. The van der Waals surface area contributed by atoms with Gasteiger partial charge in [0.25, 0.3) is 5.69 Å². The van der Waals surface area contributed by atoms with E-state index in [2.05, 4.69) is 10.4 Å². The number of aryl methyl sites for hydroxylation is 1. The molecule has 2 N–H and O–H groups in total. The predicted molar refractivity (Wildman–Crippen MR) is 66.5 cm³/mol. The summed E-state index contributed by atoms with van der Waals surface area (Å²) in [5, 5.41) is 26.5. The van der Waals surface area contributed by atoms with Gasteiger partial charge in [-0.2, -0.15) is 5.10 Å². The van der Waals surface area contributed by atoms with Crippen LogP contribution in [-0.4, -0.2) is 25.8 Å². The fourth-order valence-corrected chi connectivity index (χ4v) is 1.59. The van der Waals surface area contributed by atoms with Crippen LogP contribution in [0.5, 0.6) is 0 Å². The van der Waals surface area contributed by atoms with Crippen molar-refractivity contribution in [3.63, 3.8) is 0 Å². The van der Waals surface area contributed by atoms with Crippen LogP contribution < -0.4 is 5.32 Å². The molecule has 2 rings (SSSR count). The van der Waals surface area contributed by atoms with E-state index in [4.69, 9.17) is 5.11 Å². The summed E-state index contributed by atoms with van der Waals surface area (Å²) in [4.78, 5) is 21.0. The molecule has 0 amide bonds. The number of carboxylic acid groups (broad SMARTS) is 1. The number of rotatable bonds is 4. The van der Waals surface area contributed by atoms with Gasteiger partial charge in [-0.15, -0.1) is 0 Å². The fraction of sp³-hybridized carbons (Fsp3) is 0.0909. The Bertz CT molecular complexity index is 650. The van der Waals surface area contributed by atoms with Crippen molar-refractivity contribution in [3.8, 4) is 0 Å². The highest BCUT2D eigenvalue weighted by atomic mass is 16.6. The summed E-state index contributed by atoms with van der Waals surface area (Å²) in [6.45, 7) is 0. The van der Waals surface area contributed by atoms with E-state index in [1.54, 1.807) is 24.1 Å². The Morgan fingerprint density at radius 2 is 2.21 bits per heavy atom. The van der Waals surface area contributed by atoms with Crippen LogP contribution in [0, 0.1) is 10.1 Å². The van der Waals surface area contributed by atoms with Gasteiger partial charge in [0.15, 0.2) is 0 Å². The number of nitrogens with one attached hydrogen (secondary N) is 1. The molecule has 0 bridgehead atoms. The van der Waals surface area contributed by atoms with E-state index in [0.29, 0.717) is 11.4 Å². The maximum atomic E-state index is 10.9. The number of aromatic nitrogens is 2. The van der Waals surface area contributed by atoms with Crippen LogP contribution in [0.3, 0.4) is 0 Å². The number of aromatic carboxylic acids is 1. The second-order valence-corrected chi connectivity index (χ2v) is 3.82. The number of hydrogen-bond acceptors (Lipinski definition) is 5. The van der Waals surface area contributed by atoms with E-state index in [-0.39, 0.29) is 5.56 Å². The number of nitrogens with zero attached hydrogens (tertiary/aromatic N) is 3. The van der Waals surface area contributed by atoms with Crippen molar-refractivity contribution in [3.05, 3.63) is 46.3 Å². The van der Waals surface area contributed by atoms with Crippen LogP contribution in [0.2, 0.25) is 0 Å². The molecule has 8 nitrogen and oxygen atoms in total. The summed E-state index contributed by atoms with van der Waals surface area (Å²) in [5.74, 6) is -1.33. The minimum absolute atomic E-state index is 0.346. The molecule has 98 valence electrons. The van der Waals surface area contributed by atoms with Crippen molar-refractivity contribution in [1.29, 1.82) is 0 Å². The highest BCUT2D eigenvalue weighted by Crippen LogP contribution is 2.25. The summed E-state index contributed by atoms with van der Waals surface area (Å²) in [6.07, 6.45) is 3.24. The Morgan fingerprint density at radius 3 is 2.74 bits per heavy atom. The van der Waals surface area contributed by atoms with Crippen molar-refractivity contribution in [2.75, 3.05) is 5.32 Å². The molecule has 0 unspecified atom stereocenters. The van der Waals surface area contributed by atoms with Gasteiger partial charge in [0.1, 0.15) is 5.56 Å². The van der Waals surface area contributed by atoms with Gasteiger partial charge in [0, 0.05) is 25.0 Å². The van der Waals surface area contributed by atoms with Gasteiger partial charge in [-0.05, 0) is 12.1 Å². The van der Waals surface area contributed by atoms with Crippen molar-refractivity contribution in [2.24, 2.45) is 7.05 Å². The highest BCUT2D eigenvalue weighted by Gasteiger charge is 2.20. The Labute approximate surface area is 107 Å². The lowest BCUT2D eigenvalue weighted by Crippen LogP contribution is -2.03. The summed E-state index contributed by atoms with van der Waals surface area (Å²) < 4.78 is 1.57. The Balaban J connectivity index is 2.35. The molecule has 0 saturated heterocycles. The van der Waals surface area contributed by atoms with Crippen molar-refractivity contribution in [2.45, 2.75) is 0 Å². The number of carbonyl (C=O) groups is 1. The summed E-state index contributed by atoms with van der Waals surface area (Å²) in [7, 11) is 1.74. The maximum Gasteiger partial charge on any atom is 0.342 e. The van der Waals surface area contributed by atoms with Gasteiger partial charge in [-0.25, -0.2) is 4.79 Å². The molecule has 19 heavy (non-hydrogen) atoms. The van der Waals surface area contributed by atoms with E-state index in [1.165, 1.54) is 18.2 Å². The number of nitro groups is 1. The van der Waals surface area contributed by atoms with Gasteiger partial charge in [0.2, 0.25) is 0 Å². The smallest absolute Gasteiger partial charge is 0.342 e. The van der Waals surface area contributed by atoms with Crippen molar-refractivity contribution >= 4 is 23.0 Å². The maximum absolute atomic E-state index is 10.9. The van der Waals surface area contributed by atoms with Crippen molar-refractivity contribution in [1.82, 2.24) is 9.78 Å². The Hall–Kier alpha value is -2.90. The lowest BCUT2D eigenvalue weighted by molar-refractivity contribution is -0.385. The summed E-state index contributed by atoms with van der Waals surface area (Å²) in [5.41, 5.74) is 0.271. The SMILES string of the molecule is Cn1cc(Nc2ccc(C(=O)O)c([N+](=O)[O-])c2)cn1. The van der Waals surface area contributed by atoms with E-state index >= 15 is 0 Å². The predicted octanol–water partition coefficient (Wildman–Crippen LogP) is 1.77. The van der Waals surface area contributed by atoms with E-state index in [9.17, 15) is 14.9 Å². The molecule has 0 aliphatic rings. The van der Waals surface area contributed by atoms with E-state index in [1.807, 2.05) is 0 Å². The average Bonchev–Trinajstić information content (AvgIpc) is 2.74. The zero-order valence-corrected chi connectivity index (χ0v) is 9.90. The molecule has 0 aliphatic carbocycles. The van der Waals surface area contributed by atoms with Crippen LogP contribution in [0.4, 0.5) is 17.1 Å². The third-order valence-corrected chi connectivity index (χ3v) is 2.42.